The van der Waals surface area contributed by atoms with Crippen LogP contribution < -0.4 is 5.73 Å². The van der Waals surface area contributed by atoms with Crippen molar-refractivity contribution in [3.8, 4) is 6.07 Å². The van der Waals surface area contributed by atoms with E-state index in [0.717, 1.165) is 35.2 Å². The summed E-state index contributed by atoms with van der Waals surface area (Å²) in [6.07, 6.45) is 9.26. The van der Waals surface area contributed by atoms with Gasteiger partial charge in [0.05, 0.1) is 5.69 Å². The van der Waals surface area contributed by atoms with Gasteiger partial charge in [-0.2, -0.15) is 5.26 Å². The van der Waals surface area contributed by atoms with Crippen molar-refractivity contribution in [3.63, 3.8) is 0 Å². The zero-order chi connectivity index (χ0) is 14.1. The molecule has 1 aliphatic rings. The molecule has 0 amide bonds. The van der Waals surface area contributed by atoms with E-state index in [-0.39, 0.29) is 0 Å². The number of fused-ring (bicyclic) bond motifs is 2. The molecule has 0 aliphatic heterocycles. The lowest BCUT2D eigenvalue weighted by atomic mass is 9.90. The summed E-state index contributed by atoms with van der Waals surface area (Å²) < 4.78 is 0. The molecule has 0 atom stereocenters. The molecule has 2 N–H and O–H groups in total. The smallest absolute Gasteiger partial charge is 0.130 e. The Morgan fingerprint density at radius 2 is 2.30 bits per heavy atom. The summed E-state index contributed by atoms with van der Waals surface area (Å²) in [5, 5.41) is 9.99. The van der Waals surface area contributed by atoms with Crippen LogP contribution in [0.25, 0.3) is 10.2 Å². The highest BCUT2D eigenvalue weighted by Gasteiger charge is 2.18. The summed E-state index contributed by atoms with van der Waals surface area (Å²) >= 11 is 1.39. The maximum absolute atomic E-state index is 9.06. The first kappa shape index (κ1) is 12.9. The number of hydrogen-bond donors (Lipinski definition) is 1. The van der Waals surface area contributed by atoms with Crippen molar-refractivity contribution in [2.75, 3.05) is 5.73 Å². The van der Waals surface area contributed by atoms with E-state index in [9.17, 15) is 0 Å². The molecule has 100 valence electrons. The molecule has 0 bridgehead atoms. The van der Waals surface area contributed by atoms with Crippen molar-refractivity contribution in [1.82, 2.24) is 4.98 Å². The summed E-state index contributed by atoms with van der Waals surface area (Å²) in [7, 11) is 0. The Hall–Kier alpha value is -2.12. The highest BCUT2D eigenvalue weighted by atomic mass is 32.1. The van der Waals surface area contributed by atoms with E-state index in [2.05, 4.69) is 24.3 Å². The second kappa shape index (κ2) is 5.10. The molecule has 1 aliphatic carbocycles. The number of nitriles is 1. The van der Waals surface area contributed by atoms with Gasteiger partial charge < -0.3 is 5.73 Å². The van der Waals surface area contributed by atoms with Gasteiger partial charge in [-0.05, 0) is 37.8 Å². The number of nitrogen functional groups attached to an aromatic ring is 1. The Kier molecular flexibility index (Phi) is 3.29. The van der Waals surface area contributed by atoms with Crippen molar-refractivity contribution in [2.45, 2.75) is 26.2 Å². The molecule has 4 heteroatoms. The lowest BCUT2D eigenvalue weighted by Gasteiger charge is -2.17. The highest BCUT2D eigenvalue weighted by molar-refractivity contribution is 7.19. The monoisotopic (exact) mass is 281 g/mol. The van der Waals surface area contributed by atoms with Crippen molar-refractivity contribution < 1.29 is 0 Å². The van der Waals surface area contributed by atoms with E-state index < -0.39 is 0 Å². The van der Waals surface area contributed by atoms with Crippen molar-refractivity contribution in [3.05, 3.63) is 46.0 Å². The fraction of sp³-hybridized carbons (Fsp3) is 0.250. The molecule has 3 nitrogen and oxygen atoms in total. The number of aryl methyl sites for hydroxylation is 1. The van der Waals surface area contributed by atoms with Crippen molar-refractivity contribution in [2.24, 2.45) is 0 Å². The predicted octanol–water partition coefficient (Wildman–Crippen LogP) is 3.74. The van der Waals surface area contributed by atoms with Crippen LogP contribution in [0.3, 0.4) is 0 Å². The van der Waals surface area contributed by atoms with Gasteiger partial charge in [0.1, 0.15) is 15.8 Å². The lowest BCUT2D eigenvalue weighted by Crippen LogP contribution is -2.07. The third-order valence-electron chi connectivity index (χ3n) is 3.62. The topological polar surface area (TPSA) is 62.7 Å². The fourth-order valence-electron chi connectivity index (χ4n) is 2.56. The molecule has 0 unspecified atom stereocenters. The van der Waals surface area contributed by atoms with Gasteiger partial charge in [-0.25, -0.2) is 4.98 Å². The Bertz CT molecular complexity index is 775. The van der Waals surface area contributed by atoms with Gasteiger partial charge in [-0.1, -0.05) is 23.8 Å². The number of rotatable bonds is 1. The van der Waals surface area contributed by atoms with E-state index >= 15 is 0 Å². The summed E-state index contributed by atoms with van der Waals surface area (Å²) in [6.45, 7) is 2.02. The van der Waals surface area contributed by atoms with Gasteiger partial charge in [0.2, 0.25) is 0 Å². The first-order valence-electron chi connectivity index (χ1n) is 6.64. The van der Waals surface area contributed by atoms with Crippen LogP contribution in [0.15, 0.2) is 29.9 Å². The molecular formula is C16H15N3S. The van der Waals surface area contributed by atoms with Crippen LogP contribution in [-0.2, 0) is 12.8 Å². The third-order valence-corrected chi connectivity index (χ3v) is 4.64. The summed E-state index contributed by atoms with van der Waals surface area (Å²) in [6, 6.07) is 4.26. The standard InChI is InChI=1S/C16H15N3S/c1-2-3-4-10-5-6-13-11(7-10)8-12-15(18)14(9-17)20-16(12)19-13/h2-4,8H,5-7,18H2,1H3. The zero-order valence-electron chi connectivity index (χ0n) is 11.3. The molecule has 2 heterocycles. The van der Waals surface area contributed by atoms with Gasteiger partial charge in [0.15, 0.2) is 0 Å². The van der Waals surface area contributed by atoms with E-state index in [0.29, 0.717) is 10.6 Å². The number of aromatic nitrogens is 1. The van der Waals surface area contributed by atoms with Crippen LogP contribution in [0.2, 0.25) is 0 Å². The van der Waals surface area contributed by atoms with E-state index in [4.69, 9.17) is 16.0 Å². The fourth-order valence-corrected chi connectivity index (χ4v) is 3.45. The van der Waals surface area contributed by atoms with Crippen LogP contribution in [0.1, 0.15) is 29.5 Å². The van der Waals surface area contributed by atoms with Gasteiger partial charge >= 0.3 is 0 Å². The first-order valence-corrected chi connectivity index (χ1v) is 7.46. The third kappa shape index (κ3) is 2.10. The number of nitrogens with two attached hydrogens (primary N) is 1. The molecule has 0 aromatic carbocycles. The van der Waals surface area contributed by atoms with Crippen molar-refractivity contribution >= 4 is 27.2 Å². The average Bonchev–Trinajstić information content (AvgIpc) is 2.78. The van der Waals surface area contributed by atoms with Gasteiger partial charge in [-0.3, -0.25) is 0 Å². The van der Waals surface area contributed by atoms with E-state index in [1.54, 1.807) is 0 Å². The number of hydrogen-bond acceptors (Lipinski definition) is 4. The molecule has 3 rings (SSSR count). The maximum atomic E-state index is 9.06. The number of allylic oxidation sites excluding steroid dienone is 4. The number of anilines is 1. The minimum absolute atomic E-state index is 0.569. The Balaban J connectivity index is 2.09. The quantitative estimate of drug-likeness (QED) is 0.866. The molecule has 2 aromatic rings. The summed E-state index contributed by atoms with van der Waals surface area (Å²) in [5.74, 6) is 0. The number of nitrogens with zero attached hydrogens (tertiary/aromatic N) is 2. The van der Waals surface area contributed by atoms with Gasteiger partial charge in [0, 0.05) is 11.1 Å². The summed E-state index contributed by atoms with van der Waals surface area (Å²) in [4.78, 5) is 6.16. The normalized spacial score (nSPS) is 16.7. The predicted molar refractivity (Wildman–Crippen MR) is 83.7 cm³/mol. The molecule has 0 saturated heterocycles. The zero-order valence-corrected chi connectivity index (χ0v) is 12.1. The Morgan fingerprint density at radius 3 is 3.05 bits per heavy atom. The molecule has 0 radical (unpaired) electrons. The van der Waals surface area contributed by atoms with E-state index in [1.807, 2.05) is 13.0 Å². The van der Waals surface area contributed by atoms with Crippen LogP contribution >= 0.6 is 11.3 Å². The van der Waals surface area contributed by atoms with Crippen LogP contribution in [-0.4, -0.2) is 4.98 Å². The highest BCUT2D eigenvalue weighted by Crippen LogP contribution is 2.35. The largest absolute Gasteiger partial charge is 0.396 e. The first-order chi connectivity index (χ1) is 9.72. The average molecular weight is 281 g/mol. The second-order valence-corrected chi connectivity index (χ2v) is 5.93. The molecule has 0 spiro atoms. The minimum atomic E-state index is 0.569. The van der Waals surface area contributed by atoms with Crippen molar-refractivity contribution in [1.29, 1.82) is 5.26 Å². The Labute approximate surface area is 122 Å². The Morgan fingerprint density at radius 1 is 1.45 bits per heavy atom. The second-order valence-electron chi connectivity index (χ2n) is 4.93. The van der Waals surface area contributed by atoms with Crippen LogP contribution in [0.4, 0.5) is 5.69 Å². The summed E-state index contributed by atoms with van der Waals surface area (Å²) in [5.41, 5.74) is 10.4. The van der Waals surface area contributed by atoms with Crippen LogP contribution in [0.5, 0.6) is 0 Å². The number of pyridine rings is 1. The minimum Gasteiger partial charge on any atom is -0.396 e. The van der Waals surface area contributed by atoms with Gasteiger partial charge in [-0.15, -0.1) is 11.3 Å². The van der Waals surface area contributed by atoms with E-state index in [1.165, 1.54) is 22.5 Å². The molecule has 0 saturated carbocycles. The number of thiophene rings is 1. The van der Waals surface area contributed by atoms with Crippen LogP contribution in [0, 0.1) is 11.3 Å². The SMILES string of the molecule is CC=CC=C1CCc2nc3sc(C#N)c(N)c3cc2C1. The molecular weight excluding hydrogens is 266 g/mol. The molecule has 2 aromatic heterocycles. The molecule has 20 heavy (non-hydrogen) atoms. The van der Waals surface area contributed by atoms with Gasteiger partial charge in [0.25, 0.3) is 0 Å². The molecule has 0 fully saturated rings. The lowest BCUT2D eigenvalue weighted by molar-refractivity contribution is 0.810. The maximum Gasteiger partial charge on any atom is 0.130 e.